The first kappa shape index (κ1) is 11.6. The van der Waals surface area contributed by atoms with E-state index in [0.29, 0.717) is 11.3 Å². The van der Waals surface area contributed by atoms with E-state index in [0.717, 1.165) is 0 Å². The molecule has 1 rings (SSSR count). The summed E-state index contributed by atoms with van der Waals surface area (Å²) in [7, 11) is 0. The molecular weight excluding hydrogens is 297 g/mol. The highest BCUT2D eigenvalue weighted by Gasteiger charge is 2.11. The molecule has 78 valence electrons. The average molecular weight is 303 g/mol. The lowest BCUT2D eigenvalue weighted by Crippen LogP contribution is -2.16. The second kappa shape index (κ2) is 4.86. The van der Waals surface area contributed by atoms with Crippen LogP contribution in [0, 0.1) is 0 Å². The van der Waals surface area contributed by atoms with Crippen molar-refractivity contribution >= 4 is 45.2 Å². The summed E-state index contributed by atoms with van der Waals surface area (Å²) in [6.45, 7) is 0.447. The molecule has 0 aliphatic heterocycles. The van der Waals surface area contributed by atoms with Gasteiger partial charge in [0.2, 0.25) is 0 Å². The molecule has 0 unspecified atom stereocenters. The summed E-state index contributed by atoms with van der Waals surface area (Å²) in [6.07, 6.45) is -0.830. The molecule has 0 fully saturated rings. The predicted octanol–water partition coefficient (Wildman–Crippen LogP) is 2.05. The number of primary amides is 1. The first-order valence-electron chi connectivity index (χ1n) is 3.51. The van der Waals surface area contributed by atoms with Crippen molar-refractivity contribution in [2.24, 2.45) is 5.73 Å². The standard InChI is InChI=1S/C6H6BrCl2N3O2/c7-5-11-3(8)4(9)12(5)1-2-14-6(10)13/h1-2H2,(H2,10,13). The molecule has 0 spiro atoms. The van der Waals surface area contributed by atoms with Gasteiger partial charge in [-0.3, -0.25) is 0 Å². The molecule has 0 bridgehead atoms. The quantitative estimate of drug-likeness (QED) is 0.929. The zero-order chi connectivity index (χ0) is 10.7. The third-order valence-electron chi connectivity index (χ3n) is 1.38. The highest BCUT2D eigenvalue weighted by molar-refractivity contribution is 9.10. The van der Waals surface area contributed by atoms with E-state index in [9.17, 15) is 4.79 Å². The number of hydrogen-bond donors (Lipinski definition) is 1. The number of nitrogens with two attached hydrogens (primary N) is 1. The van der Waals surface area contributed by atoms with Crippen molar-refractivity contribution in [2.45, 2.75) is 6.54 Å². The molecule has 1 heterocycles. The molecule has 14 heavy (non-hydrogen) atoms. The van der Waals surface area contributed by atoms with E-state index in [4.69, 9.17) is 28.9 Å². The number of amides is 1. The molecule has 0 aromatic carbocycles. The Balaban J connectivity index is 2.62. The van der Waals surface area contributed by atoms with Gasteiger partial charge in [-0.15, -0.1) is 0 Å². The largest absolute Gasteiger partial charge is 0.448 e. The fourth-order valence-corrected chi connectivity index (χ4v) is 1.93. The maximum absolute atomic E-state index is 10.3. The first-order valence-corrected chi connectivity index (χ1v) is 5.06. The Labute approximate surface area is 98.3 Å². The van der Waals surface area contributed by atoms with Crippen molar-refractivity contribution in [2.75, 3.05) is 6.61 Å². The Bertz CT molecular complexity index is 355. The molecule has 0 atom stereocenters. The molecule has 0 saturated heterocycles. The Hall–Kier alpha value is -0.460. The maximum atomic E-state index is 10.3. The van der Waals surface area contributed by atoms with Gasteiger partial charge in [0.15, 0.2) is 9.89 Å². The van der Waals surface area contributed by atoms with E-state index in [1.807, 2.05) is 0 Å². The Morgan fingerprint density at radius 3 is 2.71 bits per heavy atom. The number of aromatic nitrogens is 2. The van der Waals surface area contributed by atoms with Crippen LogP contribution in [0.3, 0.4) is 0 Å². The summed E-state index contributed by atoms with van der Waals surface area (Å²) >= 11 is 14.6. The number of hydrogen-bond acceptors (Lipinski definition) is 3. The zero-order valence-corrected chi connectivity index (χ0v) is 9.93. The lowest BCUT2D eigenvalue weighted by molar-refractivity contribution is 0.152. The second-order valence-corrected chi connectivity index (χ2v) is 3.71. The molecular formula is C6H6BrCl2N3O2. The van der Waals surface area contributed by atoms with E-state index >= 15 is 0 Å². The van der Waals surface area contributed by atoms with Crippen LogP contribution in [0.5, 0.6) is 0 Å². The van der Waals surface area contributed by atoms with Crippen molar-refractivity contribution in [3.05, 3.63) is 15.0 Å². The molecule has 1 aromatic heterocycles. The highest BCUT2D eigenvalue weighted by atomic mass is 79.9. The molecule has 0 saturated carbocycles. The smallest absolute Gasteiger partial charge is 0.404 e. The number of carbonyl (C=O) groups is 1. The summed E-state index contributed by atoms with van der Waals surface area (Å²) < 4.78 is 6.55. The monoisotopic (exact) mass is 301 g/mol. The molecule has 0 aliphatic rings. The average Bonchev–Trinajstić information content (AvgIpc) is 2.31. The minimum atomic E-state index is -0.830. The van der Waals surface area contributed by atoms with E-state index in [1.54, 1.807) is 4.57 Å². The molecule has 5 nitrogen and oxygen atoms in total. The first-order chi connectivity index (χ1) is 6.52. The van der Waals surface area contributed by atoms with Crippen molar-refractivity contribution < 1.29 is 9.53 Å². The second-order valence-electron chi connectivity index (χ2n) is 2.28. The fourth-order valence-electron chi connectivity index (χ4n) is 0.808. The van der Waals surface area contributed by atoms with Gasteiger partial charge < -0.3 is 15.0 Å². The summed E-state index contributed by atoms with van der Waals surface area (Å²) in [5.41, 5.74) is 4.78. The van der Waals surface area contributed by atoms with Gasteiger partial charge in [0.05, 0.1) is 6.54 Å². The van der Waals surface area contributed by atoms with Gasteiger partial charge in [0, 0.05) is 0 Å². The topological polar surface area (TPSA) is 70.1 Å². The number of nitrogens with zero attached hydrogens (tertiary/aromatic N) is 2. The van der Waals surface area contributed by atoms with Gasteiger partial charge in [0.25, 0.3) is 0 Å². The van der Waals surface area contributed by atoms with Crippen LogP contribution in [0.15, 0.2) is 4.73 Å². The van der Waals surface area contributed by atoms with Crippen LogP contribution in [0.4, 0.5) is 4.79 Å². The van der Waals surface area contributed by atoms with Gasteiger partial charge in [0.1, 0.15) is 11.8 Å². The number of carbonyl (C=O) groups excluding carboxylic acids is 1. The highest BCUT2D eigenvalue weighted by Crippen LogP contribution is 2.25. The SMILES string of the molecule is NC(=O)OCCn1c(Br)nc(Cl)c1Cl. The minimum absolute atomic E-state index is 0.111. The third-order valence-corrected chi connectivity index (χ3v) is 2.73. The van der Waals surface area contributed by atoms with Crippen molar-refractivity contribution in [1.29, 1.82) is 0 Å². The maximum Gasteiger partial charge on any atom is 0.404 e. The summed E-state index contributed by atoms with van der Waals surface area (Å²) in [5, 5.41) is 0.476. The lowest BCUT2D eigenvalue weighted by Gasteiger charge is -2.04. The molecule has 0 aliphatic carbocycles. The van der Waals surface area contributed by atoms with E-state index < -0.39 is 6.09 Å². The number of imidazole rings is 1. The number of ether oxygens (including phenoxy) is 1. The van der Waals surface area contributed by atoms with E-state index in [1.165, 1.54) is 0 Å². The van der Waals surface area contributed by atoms with Crippen LogP contribution in [-0.4, -0.2) is 22.3 Å². The van der Waals surface area contributed by atoms with Crippen LogP contribution in [0.1, 0.15) is 0 Å². The van der Waals surface area contributed by atoms with Gasteiger partial charge >= 0.3 is 6.09 Å². The summed E-state index contributed by atoms with van der Waals surface area (Å²) in [4.78, 5) is 14.1. The van der Waals surface area contributed by atoms with Gasteiger partial charge in [-0.25, -0.2) is 9.78 Å². The van der Waals surface area contributed by atoms with Gasteiger partial charge in [-0.1, -0.05) is 23.2 Å². The number of halogens is 3. The molecule has 8 heteroatoms. The normalized spacial score (nSPS) is 10.2. The van der Waals surface area contributed by atoms with Gasteiger partial charge in [-0.2, -0.15) is 0 Å². The van der Waals surface area contributed by atoms with Crippen molar-refractivity contribution in [1.82, 2.24) is 9.55 Å². The van der Waals surface area contributed by atoms with Crippen LogP contribution in [-0.2, 0) is 11.3 Å². The lowest BCUT2D eigenvalue weighted by atomic mass is 10.6. The van der Waals surface area contributed by atoms with E-state index in [-0.39, 0.29) is 16.9 Å². The van der Waals surface area contributed by atoms with Crippen molar-refractivity contribution in [3.63, 3.8) is 0 Å². The summed E-state index contributed by atoms with van der Waals surface area (Å²) in [6, 6.07) is 0. The Morgan fingerprint density at radius 2 is 2.29 bits per heavy atom. The zero-order valence-electron chi connectivity index (χ0n) is 6.84. The predicted molar refractivity (Wildman–Crippen MR) is 55.5 cm³/mol. The van der Waals surface area contributed by atoms with Crippen LogP contribution >= 0.6 is 39.1 Å². The molecule has 1 aromatic rings. The Kier molecular flexibility index (Phi) is 4.03. The molecule has 2 N–H and O–H groups in total. The third kappa shape index (κ3) is 2.76. The molecule has 1 amide bonds. The van der Waals surface area contributed by atoms with Gasteiger partial charge in [-0.05, 0) is 15.9 Å². The number of rotatable bonds is 3. The van der Waals surface area contributed by atoms with Crippen molar-refractivity contribution in [3.8, 4) is 0 Å². The summed E-state index contributed by atoms with van der Waals surface area (Å²) in [5.74, 6) is 0. The van der Waals surface area contributed by atoms with Crippen LogP contribution in [0.2, 0.25) is 10.3 Å². The minimum Gasteiger partial charge on any atom is -0.448 e. The fraction of sp³-hybridized carbons (Fsp3) is 0.333. The molecule has 0 radical (unpaired) electrons. The van der Waals surface area contributed by atoms with Crippen LogP contribution < -0.4 is 5.73 Å². The Morgan fingerprint density at radius 1 is 1.64 bits per heavy atom. The van der Waals surface area contributed by atoms with Crippen LogP contribution in [0.25, 0.3) is 0 Å². The van der Waals surface area contributed by atoms with E-state index in [2.05, 4.69) is 25.7 Å².